The van der Waals surface area contributed by atoms with E-state index in [0.29, 0.717) is 18.1 Å². The first-order valence-corrected chi connectivity index (χ1v) is 9.37. The van der Waals surface area contributed by atoms with Gasteiger partial charge in [-0.3, -0.25) is 9.67 Å². The minimum Gasteiger partial charge on any atom is -0.444 e. The van der Waals surface area contributed by atoms with Crippen molar-refractivity contribution in [2.24, 2.45) is 0 Å². The zero-order valence-corrected chi connectivity index (χ0v) is 16.8. The molecule has 0 spiro atoms. The fourth-order valence-electron chi connectivity index (χ4n) is 2.92. The average molecular weight is 463 g/mol. The molecule has 0 unspecified atom stereocenters. The maximum Gasteiger partial charge on any atom is 0.410 e. The summed E-state index contributed by atoms with van der Waals surface area (Å²) >= 11 is 8.54. The number of hydrogen-bond donors (Lipinski definition) is 0. The highest BCUT2D eigenvalue weighted by atomic mass is 127. The molecule has 130 valence electrons. The number of carbonyl (C=O) groups is 1. The molecule has 1 aliphatic heterocycles. The Balaban J connectivity index is 1.87. The van der Waals surface area contributed by atoms with Gasteiger partial charge in [0.1, 0.15) is 9.30 Å². The van der Waals surface area contributed by atoms with Crippen LogP contribution >= 0.6 is 34.2 Å². The number of rotatable bonds is 1. The van der Waals surface area contributed by atoms with Crippen molar-refractivity contribution in [2.75, 3.05) is 13.1 Å². The number of halogens is 2. The van der Waals surface area contributed by atoms with E-state index in [1.165, 1.54) is 0 Å². The first-order valence-electron chi connectivity index (χ1n) is 7.91. The van der Waals surface area contributed by atoms with Gasteiger partial charge in [0.2, 0.25) is 0 Å². The normalized spacial score (nSPS) is 18.9. The van der Waals surface area contributed by atoms with Gasteiger partial charge in [-0.2, -0.15) is 5.10 Å². The summed E-state index contributed by atoms with van der Waals surface area (Å²) in [6.07, 6.45) is 4.99. The van der Waals surface area contributed by atoms with Crippen LogP contribution in [-0.2, 0) is 4.74 Å². The van der Waals surface area contributed by atoms with Crippen LogP contribution < -0.4 is 0 Å². The van der Waals surface area contributed by atoms with Gasteiger partial charge in [-0.15, -0.1) is 0 Å². The van der Waals surface area contributed by atoms with Gasteiger partial charge in [-0.05, 0) is 56.2 Å². The van der Waals surface area contributed by atoms with Crippen molar-refractivity contribution in [3.63, 3.8) is 0 Å². The summed E-state index contributed by atoms with van der Waals surface area (Å²) in [6.45, 7) is 6.91. The maximum absolute atomic E-state index is 12.4. The van der Waals surface area contributed by atoms with E-state index >= 15 is 0 Å². The lowest BCUT2D eigenvalue weighted by atomic mass is 10.1. The maximum atomic E-state index is 12.4. The van der Waals surface area contributed by atoms with Gasteiger partial charge in [-0.1, -0.05) is 11.6 Å². The predicted molar refractivity (Wildman–Crippen MR) is 101 cm³/mol. The Morgan fingerprint density at radius 1 is 1.42 bits per heavy atom. The number of likely N-dealkylation sites (tertiary alicyclic amines) is 1. The number of ether oxygens (including phenoxy) is 1. The Labute approximate surface area is 159 Å². The smallest absolute Gasteiger partial charge is 0.410 e. The average Bonchev–Trinajstić information content (AvgIpc) is 2.84. The molecule has 0 aliphatic carbocycles. The number of nitrogens with zero attached hydrogens (tertiary/aromatic N) is 4. The molecule has 0 saturated carbocycles. The van der Waals surface area contributed by atoms with Crippen molar-refractivity contribution < 1.29 is 9.53 Å². The highest BCUT2D eigenvalue weighted by Crippen LogP contribution is 2.31. The third-order valence-electron chi connectivity index (χ3n) is 3.91. The van der Waals surface area contributed by atoms with Crippen molar-refractivity contribution in [3.05, 3.63) is 21.1 Å². The van der Waals surface area contributed by atoms with Crippen LogP contribution in [0.15, 0.2) is 12.4 Å². The van der Waals surface area contributed by atoms with E-state index in [0.717, 1.165) is 27.4 Å². The summed E-state index contributed by atoms with van der Waals surface area (Å²) in [6, 6.07) is 0.0807. The molecular formula is C16H20ClIN4O2. The van der Waals surface area contributed by atoms with E-state index in [9.17, 15) is 4.79 Å². The topological polar surface area (TPSA) is 60.2 Å². The first kappa shape index (κ1) is 17.7. The highest BCUT2D eigenvalue weighted by Gasteiger charge is 2.30. The van der Waals surface area contributed by atoms with Crippen LogP contribution in [0.3, 0.4) is 0 Å². The number of pyridine rings is 1. The van der Waals surface area contributed by atoms with Crippen LogP contribution in [0.2, 0.25) is 5.02 Å². The first-order chi connectivity index (χ1) is 11.3. The van der Waals surface area contributed by atoms with Crippen molar-refractivity contribution in [2.45, 2.75) is 45.3 Å². The van der Waals surface area contributed by atoms with Gasteiger partial charge in [0.15, 0.2) is 0 Å². The Hall–Kier alpha value is -1.09. The largest absolute Gasteiger partial charge is 0.444 e. The molecule has 1 saturated heterocycles. The molecule has 2 aromatic heterocycles. The molecule has 0 N–H and O–H groups in total. The number of piperidine rings is 1. The molecule has 3 heterocycles. The van der Waals surface area contributed by atoms with E-state index in [1.54, 1.807) is 17.3 Å². The van der Waals surface area contributed by atoms with Gasteiger partial charge in [-0.25, -0.2) is 4.79 Å². The fraction of sp³-hybridized carbons (Fsp3) is 0.562. The van der Waals surface area contributed by atoms with Crippen LogP contribution in [-0.4, -0.2) is 44.4 Å². The number of amides is 1. The molecule has 8 heteroatoms. The summed E-state index contributed by atoms with van der Waals surface area (Å²) in [5.41, 5.74) is 0.388. The molecule has 3 rings (SSSR count). The molecule has 1 aliphatic rings. The summed E-state index contributed by atoms with van der Waals surface area (Å²) in [5, 5.41) is 6.17. The number of aromatic nitrogens is 3. The molecule has 6 nitrogen and oxygen atoms in total. The molecule has 24 heavy (non-hydrogen) atoms. The van der Waals surface area contributed by atoms with Crippen LogP contribution in [0.25, 0.3) is 10.9 Å². The molecular weight excluding hydrogens is 443 g/mol. The minimum absolute atomic E-state index is 0.0807. The van der Waals surface area contributed by atoms with E-state index in [4.69, 9.17) is 16.3 Å². The van der Waals surface area contributed by atoms with Crippen molar-refractivity contribution in [3.8, 4) is 0 Å². The Kier molecular flexibility index (Phi) is 4.92. The van der Waals surface area contributed by atoms with Crippen molar-refractivity contribution >= 4 is 51.2 Å². The minimum atomic E-state index is -0.493. The van der Waals surface area contributed by atoms with E-state index in [1.807, 2.05) is 25.5 Å². The second kappa shape index (κ2) is 6.67. The summed E-state index contributed by atoms with van der Waals surface area (Å²) in [4.78, 5) is 18.3. The summed E-state index contributed by atoms with van der Waals surface area (Å²) in [7, 11) is 0. The molecule has 1 amide bonds. The SMILES string of the molecule is CC(C)(C)OC(=O)N1CCC[C@@H](n2nc(I)c3cncc(Cl)c32)C1. The molecule has 0 radical (unpaired) electrons. The lowest BCUT2D eigenvalue weighted by Crippen LogP contribution is -2.43. The molecule has 0 aromatic carbocycles. The Bertz CT molecular complexity index is 771. The third-order valence-corrected chi connectivity index (χ3v) is 4.99. The van der Waals surface area contributed by atoms with E-state index in [-0.39, 0.29) is 12.1 Å². The summed E-state index contributed by atoms with van der Waals surface area (Å²) in [5.74, 6) is 0. The van der Waals surface area contributed by atoms with Crippen LogP contribution in [0.5, 0.6) is 0 Å². The number of carbonyl (C=O) groups excluding carboxylic acids is 1. The van der Waals surface area contributed by atoms with Crippen molar-refractivity contribution in [1.29, 1.82) is 0 Å². The summed E-state index contributed by atoms with van der Waals surface area (Å²) < 4.78 is 8.31. The highest BCUT2D eigenvalue weighted by molar-refractivity contribution is 14.1. The molecule has 1 atom stereocenters. The number of fused-ring (bicyclic) bond motifs is 1. The van der Waals surface area contributed by atoms with Crippen LogP contribution in [0.4, 0.5) is 4.79 Å². The van der Waals surface area contributed by atoms with Gasteiger partial charge in [0, 0.05) is 25.5 Å². The molecule has 1 fully saturated rings. The lowest BCUT2D eigenvalue weighted by Gasteiger charge is -2.34. The van der Waals surface area contributed by atoms with E-state index in [2.05, 4.69) is 32.7 Å². The Morgan fingerprint density at radius 3 is 2.88 bits per heavy atom. The van der Waals surface area contributed by atoms with Crippen LogP contribution in [0.1, 0.15) is 39.7 Å². The standard InChI is InChI=1S/C16H20ClIN4O2/c1-16(2,3)24-15(23)21-6-4-5-10(9-21)22-13-11(14(18)20-22)7-19-8-12(13)17/h7-8,10H,4-6,9H2,1-3H3/t10-/m1/s1. The monoisotopic (exact) mass is 462 g/mol. The molecule has 2 aromatic rings. The van der Waals surface area contributed by atoms with Gasteiger partial charge in [0.05, 0.1) is 22.0 Å². The lowest BCUT2D eigenvalue weighted by molar-refractivity contribution is 0.0169. The number of hydrogen-bond acceptors (Lipinski definition) is 4. The second-order valence-electron chi connectivity index (χ2n) is 6.98. The van der Waals surface area contributed by atoms with E-state index < -0.39 is 5.60 Å². The second-order valence-corrected chi connectivity index (χ2v) is 8.40. The van der Waals surface area contributed by atoms with Crippen LogP contribution in [0, 0.1) is 3.70 Å². The van der Waals surface area contributed by atoms with Gasteiger partial charge < -0.3 is 9.64 Å². The Morgan fingerprint density at radius 2 is 2.17 bits per heavy atom. The zero-order valence-electron chi connectivity index (χ0n) is 13.9. The zero-order chi connectivity index (χ0) is 17.5. The van der Waals surface area contributed by atoms with Crippen molar-refractivity contribution in [1.82, 2.24) is 19.7 Å². The fourth-order valence-corrected chi connectivity index (χ4v) is 3.79. The molecule has 0 bridgehead atoms. The third kappa shape index (κ3) is 3.61. The van der Waals surface area contributed by atoms with Gasteiger partial charge >= 0.3 is 6.09 Å². The predicted octanol–water partition coefficient (Wildman–Crippen LogP) is 4.26. The van der Waals surface area contributed by atoms with Gasteiger partial charge in [0.25, 0.3) is 0 Å². The quantitative estimate of drug-likeness (QED) is 0.594.